The van der Waals surface area contributed by atoms with Crippen LogP contribution in [-0.2, 0) is 6.61 Å². The van der Waals surface area contributed by atoms with Crippen LogP contribution in [0, 0.1) is 10.1 Å². The van der Waals surface area contributed by atoms with Crippen molar-refractivity contribution in [3.63, 3.8) is 0 Å². The van der Waals surface area contributed by atoms with Gasteiger partial charge in [-0.15, -0.1) is 0 Å². The highest BCUT2D eigenvalue weighted by Gasteiger charge is 2.30. The number of piperazine rings is 1. The Balaban J connectivity index is 2.24. The number of nitro benzene ring substituents is 1. The molecule has 1 unspecified atom stereocenters. The fraction of sp³-hybridized carbons (Fsp3) is 0.600. The summed E-state index contributed by atoms with van der Waals surface area (Å²) in [6, 6.07) is 4.43. The first kappa shape index (κ1) is 17.6. The highest BCUT2D eigenvalue weighted by Crippen LogP contribution is 2.31. The maximum Gasteiger partial charge on any atom is 0.292 e. The fourth-order valence-corrected chi connectivity index (χ4v) is 2.99. The Morgan fingerprint density at radius 3 is 2.74 bits per heavy atom. The van der Waals surface area contributed by atoms with Crippen molar-refractivity contribution in [1.82, 2.24) is 4.90 Å². The molecule has 6 nitrogen and oxygen atoms in total. The maximum atomic E-state index is 12.6. The summed E-state index contributed by atoms with van der Waals surface area (Å²) >= 11 is 0. The number of nitrogens with zero attached hydrogens (tertiary/aromatic N) is 3. The van der Waals surface area contributed by atoms with E-state index in [-0.39, 0.29) is 24.9 Å². The molecule has 0 amide bonds. The van der Waals surface area contributed by atoms with Gasteiger partial charge in [-0.25, -0.2) is 8.78 Å². The van der Waals surface area contributed by atoms with Gasteiger partial charge < -0.3 is 10.0 Å². The van der Waals surface area contributed by atoms with Gasteiger partial charge in [-0.05, 0) is 24.1 Å². The first-order chi connectivity index (χ1) is 11.0. The smallest absolute Gasteiger partial charge is 0.292 e. The Bertz CT molecular complexity index is 557. The molecule has 1 N–H and O–H groups in total. The monoisotopic (exact) mass is 329 g/mol. The number of halogens is 2. The van der Waals surface area contributed by atoms with Crippen LogP contribution >= 0.6 is 0 Å². The molecule has 0 bridgehead atoms. The van der Waals surface area contributed by atoms with Crippen LogP contribution < -0.4 is 4.90 Å². The Labute approximate surface area is 133 Å². The first-order valence-corrected chi connectivity index (χ1v) is 7.61. The lowest BCUT2D eigenvalue weighted by Crippen LogP contribution is -2.54. The SMILES string of the molecule is CCC1CN(c2cc(CO)ccc2[N+](=O)[O-])CCN1CC(F)F. The lowest BCUT2D eigenvalue weighted by atomic mass is 10.1. The molecule has 1 heterocycles. The van der Waals surface area contributed by atoms with E-state index in [4.69, 9.17) is 0 Å². The van der Waals surface area contributed by atoms with E-state index < -0.39 is 11.3 Å². The van der Waals surface area contributed by atoms with Gasteiger partial charge in [-0.1, -0.05) is 6.92 Å². The van der Waals surface area contributed by atoms with Crippen LogP contribution in [0.2, 0.25) is 0 Å². The van der Waals surface area contributed by atoms with E-state index in [1.807, 2.05) is 11.8 Å². The second kappa shape index (κ2) is 7.65. The van der Waals surface area contributed by atoms with Crippen molar-refractivity contribution in [1.29, 1.82) is 0 Å². The molecule has 0 saturated carbocycles. The van der Waals surface area contributed by atoms with Crippen molar-refractivity contribution in [2.75, 3.05) is 31.1 Å². The molecular formula is C15H21F2N3O3. The molecule has 1 aliphatic heterocycles. The number of nitro groups is 1. The molecule has 1 aromatic carbocycles. The van der Waals surface area contributed by atoms with Crippen LogP contribution in [0.25, 0.3) is 0 Å². The summed E-state index contributed by atoms with van der Waals surface area (Å²) in [5, 5.41) is 20.5. The van der Waals surface area contributed by atoms with Crippen molar-refractivity contribution >= 4 is 11.4 Å². The molecule has 1 aromatic rings. The number of hydrogen-bond acceptors (Lipinski definition) is 5. The van der Waals surface area contributed by atoms with Gasteiger partial charge in [0.25, 0.3) is 12.1 Å². The summed E-state index contributed by atoms with van der Waals surface area (Å²) in [7, 11) is 0. The molecule has 1 saturated heterocycles. The summed E-state index contributed by atoms with van der Waals surface area (Å²) in [6.07, 6.45) is -1.70. The minimum absolute atomic E-state index is 0.0284. The maximum absolute atomic E-state index is 12.6. The summed E-state index contributed by atoms with van der Waals surface area (Å²) in [5.41, 5.74) is 1.00. The molecule has 0 radical (unpaired) electrons. The lowest BCUT2D eigenvalue weighted by molar-refractivity contribution is -0.384. The van der Waals surface area contributed by atoms with Gasteiger partial charge >= 0.3 is 0 Å². The molecule has 128 valence electrons. The lowest BCUT2D eigenvalue weighted by Gasteiger charge is -2.41. The first-order valence-electron chi connectivity index (χ1n) is 7.61. The zero-order valence-electron chi connectivity index (χ0n) is 13.0. The van der Waals surface area contributed by atoms with Crippen LogP contribution in [-0.4, -0.2) is 53.6 Å². The highest BCUT2D eigenvalue weighted by atomic mass is 19.3. The summed E-state index contributed by atoms with van der Waals surface area (Å²) in [4.78, 5) is 14.4. The number of benzene rings is 1. The number of alkyl halides is 2. The highest BCUT2D eigenvalue weighted by molar-refractivity contribution is 5.65. The average molecular weight is 329 g/mol. The number of rotatable bonds is 6. The Morgan fingerprint density at radius 1 is 1.43 bits per heavy atom. The van der Waals surface area contributed by atoms with E-state index in [0.29, 0.717) is 37.3 Å². The molecule has 0 aromatic heterocycles. The van der Waals surface area contributed by atoms with E-state index in [2.05, 4.69) is 0 Å². The van der Waals surface area contributed by atoms with Gasteiger partial charge in [0, 0.05) is 31.7 Å². The van der Waals surface area contributed by atoms with Gasteiger partial charge in [0.15, 0.2) is 0 Å². The predicted molar refractivity (Wildman–Crippen MR) is 82.9 cm³/mol. The Hall–Kier alpha value is -1.80. The number of aliphatic hydroxyl groups excluding tert-OH is 1. The van der Waals surface area contributed by atoms with E-state index in [1.54, 1.807) is 11.0 Å². The molecule has 0 spiro atoms. The van der Waals surface area contributed by atoms with Gasteiger partial charge in [0.05, 0.1) is 18.1 Å². The van der Waals surface area contributed by atoms with Crippen LogP contribution in [0.4, 0.5) is 20.2 Å². The third-order valence-corrected chi connectivity index (χ3v) is 4.21. The average Bonchev–Trinajstić information content (AvgIpc) is 2.54. The molecule has 0 aliphatic carbocycles. The van der Waals surface area contributed by atoms with E-state index in [1.165, 1.54) is 12.1 Å². The van der Waals surface area contributed by atoms with Crippen molar-refractivity contribution < 1.29 is 18.8 Å². The third kappa shape index (κ3) is 4.14. The second-order valence-corrected chi connectivity index (χ2v) is 5.63. The van der Waals surface area contributed by atoms with Crippen LogP contribution in [0.5, 0.6) is 0 Å². The van der Waals surface area contributed by atoms with Crippen molar-refractivity contribution in [3.05, 3.63) is 33.9 Å². The zero-order chi connectivity index (χ0) is 17.0. The fourth-order valence-electron chi connectivity index (χ4n) is 2.99. The van der Waals surface area contributed by atoms with Crippen molar-refractivity contribution in [2.24, 2.45) is 0 Å². The Kier molecular flexibility index (Phi) is 5.84. The second-order valence-electron chi connectivity index (χ2n) is 5.63. The molecule has 23 heavy (non-hydrogen) atoms. The van der Waals surface area contributed by atoms with Gasteiger partial charge in [-0.2, -0.15) is 0 Å². The van der Waals surface area contributed by atoms with Gasteiger partial charge in [0.1, 0.15) is 5.69 Å². The third-order valence-electron chi connectivity index (χ3n) is 4.21. The molecule has 1 fully saturated rings. The van der Waals surface area contributed by atoms with Crippen molar-refractivity contribution in [3.8, 4) is 0 Å². The number of aliphatic hydroxyl groups is 1. The predicted octanol–water partition coefficient (Wildman–Crippen LogP) is 2.25. The number of hydrogen-bond donors (Lipinski definition) is 1. The van der Waals surface area contributed by atoms with E-state index in [0.717, 1.165) is 0 Å². The minimum atomic E-state index is -2.39. The zero-order valence-corrected chi connectivity index (χ0v) is 13.0. The molecule has 8 heteroatoms. The van der Waals surface area contributed by atoms with Crippen LogP contribution in [0.1, 0.15) is 18.9 Å². The Morgan fingerprint density at radius 2 is 2.17 bits per heavy atom. The normalized spacial score (nSPS) is 19.3. The summed E-state index contributed by atoms with van der Waals surface area (Å²) in [5.74, 6) is 0. The quantitative estimate of drug-likeness (QED) is 0.640. The minimum Gasteiger partial charge on any atom is -0.392 e. The molecule has 1 aliphatic rings. The molecule has 1 atom stereocenters. The molecular weight excluding hydrogens is 308 g/mol. The van der Waals surface area contributed by atoms with Crippen LogP contribution in [0.15, 0.2) is 18.2 Å². The van der Waals surface area contributed by atoms with Crippen LogP contribution in [0.3, 0.4) is 0 Å². The van der Waals surface area contributed by atoms with E-state index >= 15 is 0 Å². The topological polar surface area (TPSA) is 69.8 Å². The summed E-state index contributed by atoms with van der Waals surface area (Å²) in [6.45, 7) is 2.78. The van der Waals surface area contributed by atoms with E-state index in [9.17, 15) is 24.0 Å². The standard InChI is InChI=1S/C15H21F2N3O3/c1-2-12-8-19(6-5-18(12)9-15(16)17)14-7-11(10-21)3-4-13(14)20(22)23/h3-4,7,12,15,21H,2,5-6,8-10H2,1H3. The molecule has 2 rings (SSSR count). The summed E-state index contributed by atoms with van der Waals surface area (Å²) < 4.78 is 25.3. The van der Waals surface area contributed by atoms with Gasteiger partial charge in [0.2, 0.25) is 0 Å². The van der Waals surface area contributed by atoms with Gasteiger partial charge in [-0.3, -0.25) is 15.0 Å². The van der Waals surface area contributed by atoms with Crippen molar-refractivity contribution in [2.45, 2.75) is 32.4 Å². The largest absolute Gasteiger partial charge is 0.392 e. The number of anilines is 1.